The number of aryl methyl sites for hydroxylation is 2. The van der Waals surface area contributed by atoms with Gasteiger partial charge in [0.1, 0.15) is 5.82 Å². The molecule has 7 rings (SSSR count). The molecule has 1 aliphatic heterocycles. The highest BCUT2D eigenvalue weighted by molar-refractivity contribution is 5.68. The molecule has 3 N–H and O–H groups in total. The molecule has 9 nitrogen and oxygen atoms in total. The van der Waals surface area contributed by atoms with Crippen LogP contribution >= 0.6 is 0 Å². The normalized spacial score (nSPS) is 17.9. The molecule has 0 bridgehead atoms. The van der Waals surface area contributed by atoms with E-state index in [1.54, 1.807) is 0 Å². The summed E-state index contributed by atoms with van der Waals surface area (Å²) in [6.07, 6.45) is 8.21. The number of benzene rings is 2. The van der Waals surface area contributed by atoms with Gasteiger partial charge in [-0.25, -0.2) is 4.39 Å². The Balaban J connectivity index is 1.06. The Morgan fingerprint density at radius 1 is 0.875 bits per heavy atom. The predicted molar refractivity (Wildman–Crippen MR) is 155 cm³/mol. The smallest absolute Gasteiger partial charge is 0.248 e. The van der Waals surface area contributed by atoms with Crippen LogP contribution in [0, 0.1) is 5.82 Å². The van der Waals surface area contributed by atoms with Crippen LogP contribution in [-0.4, -0.2) is 62.1 Å². The van der Waals surface area contributed by atoms with Crippen LogP contribution in [0.15, 0.2) is 48.5 Å². The van der Waals surface area contributed by atoms with Gasteiger partial charge in [0.15, 0.2) is 5.82 Å². The molecule has 2 fully saturated rings. The second kappa shape index (κ2) is 10.5. The fraction of sp³-hybridized carbons (Fsp3) is 0.400. The Labute approximate surface area is 233 Å². The molecule has 10 heteroatoms. The largest absolute Gasteiger partial charge is 0.368 e. The number of halogens is 1. The molecule has 1 saturated carbocycles. The van der Waals surface area contributed by atoms with Crippen LogP contribution in [0.4, 0.5) is 27.7 Å². The minimum Gasteiger partial charge on any atom is -0.368 e. The quantitative estimate of drug-likeness (QED) is 0.375. The van der Waals surface area contributed by atoms with Gasteiger partial charge in [-0.3, -0.25) is 4.90 Å². The first-order valence-electron chi connectivity index (χ1n) is 14.4. The zero-order valence-corrected chi connectivity index (χ0v) is 22.6. The summed E-state index contributed by atoms with van der Waals surface area (Å²) in [5.74, 6) is 0.706. The number of nitrogen functional groups attached to an aromatic ring is 1. The molecular formula is C30H34FN9. The number of nitrogens with zero attached hydrogens (tertiary/aromatic N) is 7. The van der Waals surface area contributed by atoms with Crippen molar-refractivity contribution in [1.29, 1.82) is 0 Å². The number of hydrogen-bond acceptors (Lipinski definition) is 8. The summed E-state index contributed by atoms with van der Waals surface area (Å²) < 4.78 is 16.7. The van der Waals surface area contributed by atoms with Crippen LogP contribution in [0.3, 0.4) is 0 Å². The van der Waals surface area contributed by atoms with Gasteiger partial charge in [0, 0.05) is 43.5 Å². The van der Waals surface area contributed by atoms with Crippen LogP contribution < -0.4 is 16.0 Å². The highest BCUT2D eigenvalue weighted by Crippen LogP contribution is 2.32. The molecule has 0 atom stereocenters. The van der Waals surface area contributed by atoms with E-state index in [0.29, 0.717) is 23.2 Å². The Morgan fingerprint density at radius 2 is 1.68 bits per heavy atom. The molecule has 206 valence electrons. The second-order valence-corrected chi connectivity index (χ2v) is 11.0. The fourth-order valence-electron chi connectivity index (χ4n) is 6.49. The van der Waals surface area contributed by atoms with E-state index in [9.17, 15) is 0 Å². The van der Waals surface area contributed by atoms with Crippen molar-refractivity contribution in [3.63, 3.8) is 0 Å². The molecule has 1 saturated heterocycles. The number of piperazine rings is 1. The maximum atomic E-state index is 15.2. The standard InChI is InChI=1S/C30H34FN9/c31-25-19-22(12-13-26(25)39-16-14-38(15-17-39)23-9-2-3-10-23)33-30-34-29(32)40(37-30)27-18-21-8-5-7-20-6-1-4-11-24(20)28(21)36-35-27/h1,4,6,11-13,18-19,23H,2-3,5,7-10,14-17H2,(H3,32,33,34,37). The number of aromatic nitrogens is 5. The fourth-order valence-corrected chi connectivity index (χ4v) is 6.49. The molecule has 2 aromatic carbocycles. The molecule has 3 heterocycles. The van der Waals surface area contributed by atoms with Crippen LogP contribution in [0.25, 0.3) is 17.1 Å². The van der Waals surface area contributed by atoms with Crippen LogP contribution in [0.5, 0.6) is 0 Å². The monoisotopic (exact) mass is 539 g/mol. The van der Waals surface area contributed by atoms with E-state index in [1.165, 1.54) is 42.0 Å². The number of nitrogens with one attached hydrogen (secondary N) is 1. The summed E-state index contributed by atoms with van der Waals surface area (Å²) in [5.41, 5.74) is 11.9. The van der Waals surface area contributed by atoms with Crippen LogP contribution in [0.2, 0.25) is 0 Å². The molecule has 0 spiro atoms. The van der Waals surface area contributed by atoms with E-state index in [1.807, 2.05) is 24.3 Å². The maximum absolute atomic E-state index is 15.2. The van der Waals surface area contributed by atoms with Crippen molar-refractivity contribution in [3.05, 3.63) is 65.5 Å². The van der Waals surface area contributed by atoms with Crippen molar-refractivity contribution in [2.24, 2.45) is 0 Å². The van der Waals surface area contributed by atoms with Gasteiger partial charge in [-0.1, -0.05) is 37.1 Å². The molecule has 0 unspecified atom stereocenters. The molecule has 2 aliphatic carbocycles. The third-order valence-corrected chi connectivity index (χ3v) is 8.57. The maximum Gasteiger partial charge on any atom is 0.248 e. The average Bonchev–Trinajstić information content (AvgIpc) is 3.59. The molecular weight excluding hydrogens is 505 g/mol. The van der Waals surface area contributed by atoms with E-state index < -0.39 is 0 Å². The highest BCUT2D eigenvalue weighted by Gasteiger charge is 2.27. The molecule has 3 aliphatic rings. The summed E-state index contributed by atoms with van der Waals surface area (Å²) in [4.78, 5) is 9.07. The number of rotatable bonds is 5. The van der Waals surface area contributed by atoms with Gasteiger partial charge in [0.25, 0.3) is 0 Å². The minimum absolute atomic E-state index is 0.183. The number of hydrogen-bond donors (Lipinski definition) is 2. The van der Waals surface area contributed by atoms with Crippen molar-refractivity contribution in [3.8, 4) is 17.1 Å². The molecule has 0 amide bonds. The van der Waals surface area contributed by atoms with E-state index in [4.69, 9.17) is 5.73 Å². The third kappa shape index (κ3) is 4.77. The zero-order valence-electron chi connectivity index (χ0n) is 22.6. The average molecular weight is 540 g/mol. The number of nitrogens with two attached hydrogens (primary N) is 1. The van der Waals surface area contributed by atoms with Crippen molar-refractivity contribution in [2.75, 3.05) is 42.1 Å². The first-order chi connectivity index (χ1) is 19.6. The van der Waals surface area contributed by atoms with E-state index in [2.05, 4.69) is 53.6 Å². The number of fused-ring (bicyclic) bond motifs is 3. The van der Waals surface area contributed by atoms with E-state index in [-0.39, 0.29) is 17.7 Å². The summed E-state index contributed by atoms with van der Waals surface area (Å²) in [6, 6.07) is 16.2. The number of anilines is 4. The van der Waals surface area contributed by atoms with Crippen molar-refractivity contribution in [2.45, 2.75) is 51.0 Å². The van der Waals surface area contributed by atoms with Gasteiger partial charge < -0.3 is 16.0 Å². The Morgan fingerprint density at radius 3 is 2.50 bits per heavy atom. The first-order valence-corrected chi connectivity index (χ1v) is 14.4. The van der Waals surface area contributed by atoms with Gasteiger partial charge >= 0.3 is 0 Å². The highest BCUT2D eigenvalue weighted by atomic mass is 19.1. The summed E-state index contributed by atoms with van der Waals surface area (Å²) in [7, 11) is 0. The van der Waals surface area contributed by atoms with Crippen molar-refractivity contribution >= 4 is 23.3 Å². The van der Waals surface area contributed by atoms with Gasteiger partial charge in [0.05, 0.1) is 11.4 Å². The van der Waals surface area contributed by atoms with Crippen LogP contribution in [0.1, 0.15) is 43.2 Å². The second-order valence-electron chi connectivity index (χ2n) is 11.0. The summed E-state index contributed by atoms with van der Waals surface area (Å²) >= 11 is 0. The van der Waals surface area contributed by atoms with Crippen LogP contribution in [-0.2, 0) is 12.8 Å². The van der Waals surface area contributed by atoms with Gasteiger partial charge in [-0.05, 0) is 67.5 Å². The Hall–Kier alpha value is -4.05. The topological polar surface area (TPSA) is 101 Å². The van der Waals surface area contributed by atoms with Gasteiger partial charge in [-0.2, -0.15) is 9.67 Å². The summed E-state index contributed by atoms with van der Waals surface area (Å²) in [5, 5.41) is 16.6. The van der Waals surface area contributed by atoms with Gasteiger partial charge in [0.2, 0.25) is 11.9 Å². The lowest BCUT2D eigenvalue weighted by Crippen LogP contribution is -2.49. The lowest BCUT2D eigenvalue weighted by atomic mass is 10.0. The SMILES string of the molecule is Nc1nc(Nc2ccc(N3CCN(C4CCCC4)CC3)c(F)c2)nn1-c1cc2c(nn1)-c1ccccc1CCC2. The first kappa shape index (κ1) is 25.0. The zero-order chi connectivity index (χ0) is 27.1. The lowest BCUT2D eigenvalue weighted by molar-refractivity contribution is 0.187. The molecule has 2 aromatic heterocycles. The molecule has 4 aromatic rings. The predicted octanol–water partition coefficient (Wildman–Crippen LogP) is 4.74. The minimum atomic E-state index is -0.261. The van der Waals surface area contributed by atoms with Gasteiger partial charge in [-0.15, -0.1) is 15.3 Å². The van der Waals surface area contributed by atoms with Crippen molar-refractivity contribution in [1.82, 2.24) is 29.9 Å². The lowest BCUT2D eigenvalue weighted by Gasteiger charge is -2.39. The molecule has 0 radical (unpaired) electrons. The van der Waals surface area contributed by atoms with E-state index in [0.717, 1.165) is 62.3 Å². The van der Waals surface area contributed by atoms with E-state index >= 15 is 4.39 Å². The van der Waals surface area contributed by atoms with Crippen molar-refractivity contribution < 1.29 is 4.39 Å². The summed E-state index contributed by atoms with van der Waals surface area (Å²) in [6.45, 7) is 3.66. The Kier molecular flexibility index (Phi) is 6.55. The Bertz CT molecular complexity index is 1520. The third-order valence-electron chi connectivity index (χ3n) is 8.57. The molecule has 40 heavy (non-hydrogen) atoms.